The molecule has 0 radical (unpaired) electrons. The summed E-state index contributed by atoms with van der Waals surface area (Å²) in [5.41, 5.74) is -0.936. The predicted octanol–water partition coefficient (Wildman–Crippen LogP) is 1.06. The fraction of sp³-hybridized carbons (Fsp3) is 0.316. The summed E-state index contributed by atoms with van der Waals surface area (Å²) >= 11 is 0. The van der Waals surface area contributed by atoms with Crippen molar-refractivity contribution in [2.75, 3.05) is 6.16 Å². The van der Waals surface area contributed by atoms with Gasteiger partial charge in [-0.05, 0) is 25.0 Å². The van der Waals surface area contributed by atoms with Gasteiger partial charge in [-0.1, -0.05) is 24.1 Å². The summed E-state index contributed by atoms with van der Waals surface area (Å²) in [5.74, 6) is 3.26. The first-order valence-corrected chi connectivity index (χ1v) is 11.0. The average molecular weight is 432 g/mol. The van der Waals surface area contributed by atoms with Gasteiger partial charge in [-0.15, -0.1) is 6.42 Å². The second-order valence-electron chi connectivity index (χ2n) is 6.61. The topological polar surface area (TPSA) is 139 Å². The second kappa shape index (κ2) is 9.13. The molecule has 0 aliphatic carbocycles. The van der Waals surface area contributed by atoms with Crippen LogP contribution in [0.2, 0.25) is 0 Å². The van der Waals surface area contributed by atoms with Crippen molar-refractivity contribution in [2.45, 2.75) is 32.5 Å². The van der Waals surface area contributed by atoms with Crippen molar-refractivity contribution in [2.24, 2.45) is 0 Å². The van der Waals surface area contributed by atoms with Crippen LogP contribution in [0.3, 0.4) is 0 Å². The molecule has 30 heavy (non-hydrogen) atoms. The van der Waals surface area contributed by atoms with Crippen LogP contribution < -0.4 is 16.0 Å². The van der Waals surface area contributed by atoms with Crippen molar-refractivity contribution < 1.29 is 19.1 Å². The fourth-order valence-corrected chi connectivity index (χ4v) is 3.61. The number of rotatable bonds is 9. The van der Waals surface area contributed by atoms with Gasteiger partial charge in [-0.2, -0.15) is 0 Å². The number of imidazole rings is 1. The lowest BCUT2D eigenvalue weighted by Gasteiger charge is -2.10. The van der Waals surface area contributed by atoms with Gasteiger partial charge in [0.1, 0.15) is 23.7 Å². The number of H-pyrrole nitrogens is 1. The normalized spacial score (nSPS) is 11.5. The third-order valence-electron chi connectivity index (χ3n) is 4.36. The first-order valence-electron chi connectivity index (χ1n) is 9.18. The molecule has 10 nitrogen and oxygen atoms in total. The highest BCUT2D eigenvalue weighted by Crippen LogP contribution is 2.35. The number of aromatic nitrogens is 4. The SMILES string of the molecule is C#CCn1c(=O)c2[nH]c(COc3ccccc3)nc2n(CCCCP(=O)(O)O)c1=O. The second-order valence-corrected chi connectivity index (χ2v) is 8.39. The van der Waals surface area contributed by atoms with Crippen LogP contribution in [0.1, 0.15) is 18.7 Å². The largest absolute Gasteiger partial charge is 0.486 e. The molecule has 2 aromatic heterocycles. The number of ether oxygens (including phenoxy) is 1. The van der Waals surface area contributed by atoms with Crippen LogP contribution in [0, 0.1) is 12.3 Å². The van der Waals surface area contributed by atoms with Gasteiger partial charge in [0.25, 0.3) is 5.56 Å². The maximum atomic E-state index is 12.8. The van der Waals surface area contributed by atoms with E-state index in [0.717, 1.165) is 4.57 Å². The Morgan fingerprint density at radius 2 is 1.90 bits per heavy atom. The van der Waals surface area contributed by atoms with Crippen LogP contribution in [-0.2, 0) is 24.3 Å². The van der Waals surface area contributed by atoms with Crippen molar-refractivity contribution in [1.82, 2.24) is 19.1 Å². The lowest BCUT2D eigenvalue weighted by molar-refractivity contribution is 0.297. The van der Waals surface area contributed by atoms with E-state index >= 15 is 0 Å². The zero-order valence-corrected chi connectivity index (χ0v) is 16.9. The van der Waals surface area contributed by atoms with Crippen LogP contribution in [0.25, 0.3) is 11.2 Å². The minimum Gasteiger partial charge on any atom is -0.486 e. The molecule has 0 aliphatic heterocycles. The van der Waals surface area contributed by atoms with Gasteiger partial charge in [-0.25, -0.2) is 14.3 Å². The number of nitrogens with zero attached hydrogens (tertiary/aromatic N) is 3. The van der Waals surface area contributed by atoms with Crippen LogP contribution in [-0.4, -0.2) is 35.1 Å². The number of hydrogen-bond donors (Lipinski definition) is 3. The molecule has 0 spiro atoms. The Hall–Kier alpha value is -3.12. The highest BCUT2D eigenvalue weighted by molar-refractivity contribution is 7.51. The molecule has 1 aromatic carbocycles. The van der Waals surface area contributed by atoms with Crippen LogP contribution in [0.15, 0.2) is 39.9 Å². The van der Waals surface area contributed by atoms with Gasteiger partial charge in [0, 0.05) is 12.7 Å². The summed E-state index contributed by atoms with van der Waals surface area (Å²) in [5, 5.41) is 0. The molecule has 0 bridgehead atoms. The van der Waals surface area contributed by atoms with E-state index < -0.39 is 18.8 Å². The van der Waals surface area contributed by atoms with E-state index in [1.807, 2.05) is 18.2 Å². The van der Waals surface area contributed by atoms with Gasteiger partial charge < -0.3 is 19.5 Å². The zero-order valence-electron chi connectivity index (χ0n) is 16.0. The number of aromatic amines is 1. The first kappa shape index (κ1) is 21.6. The monoisotopic (exact) mass is 432 g/mol. The molecule has 0 fully saturated rings. The molecule has 3 N–H and O–H groups in total. The third kappa shape index (κ3) is 5.07. The number of hydrogen-bond acceptors (Lipinski definition) is 5. The van der Waals surface area contributed by atoms with Crippen molar-refractivity contribution in [3.8, 4) is 18.1 Å². The molecule has 3 aromatic rings. The van der Waals surface area contributed by atoms with Gasteiger partial charge in [0.05, 0.1) is 6.54 Å². The first-order chi connectivity index (χ1) is 14.3. The minimum atomic E-state index is -4.12. The van der Waals surface area contributed by atoms with E-state index in [1.54, 1.807) is 12.1 Å². The molecule has 0 saturated heterocycles. The summed E-state index contributed by atoms with van der Waals surface area (Å²) in [6.45, 7) is -0.0192. The molecule has 0 saturated carbocycles. The van der Waals surface area contributed by atoms with Crippen molar-refractivity contribution in [1.29, 1.82) is 0 Å². The summed E-state index contributed by atoms with van der Waals surface area (Å²) < 4.78 is 18.9. The molecule has 3 rings (SSSR count). The number of nitrogens with one attached hydrogen (secondary N) is 1. The Kier molecular flexibility index (Phi) is 6.57. The van der Waals surface area contributed by atoms with E-state index in [0.29, 0.717) is 18.0 Å². The van der Waals surface area contributed by atoms with E-state index in [2.05, 4.69) is 15.9 Å². The van der Waals surface area contributed by atoms with Gasteiger partial charge in [0.15, 0.2) is 5.65 Å². The van der Waals surface area contributed by atoms with E-state index in [-0.39, 0.29) is 43.4 Å². The number of unbranched alkanes of at least 4 members (excludes halogenated alkanes) is 1. The molecule has 0 amide bonds. The van der Waals surface area contributed by atoms with Crippen LogP contribution in [0.5, 0.6) is 5.75 Å². The van der Waals surface area contributed by atoms with Gasteiger partial charge in [-0.3, -0.25) is 13.9 Å². The van der Waals surface area contributed by atoms with Crippen molar-refractivity contribution >= 4 is 18.8 Å². The summed E-state index contributed by atoms with van der Waals surface area (Å²) in [6, 6.07) is 9.05. The number of benzene rings is 1. The quantitative estimate of drug-likeness (QED) is 0.261. The number of para-hydroxylation sites is 1. The average Bonchev–Trinajstić information content (AvgIpc) is 3.13. The Labute approximate surface area is 171 Å². The molecule has 0 atom stereocenters. The van der Waals surface area contributed by atoms with Gasteiger partial charge >= 0.3 is 13.3 Å². The lowest BCUT2D eigenvalue weighted by atomic mass is 10.3. The molecule has 158 valence electrons. The highest BCUT2D eigenvalue weighted by atomic mass is 31.2. The van der Waals surface area contributed by atoms with E-state index in [9.17, 15) is 14.2 Å². The molecular formula is C19H21N4O6P. The Bertz CT molecular complexity index is 1230. The molecule has 0 unspecified atom stereocenters. The third-order valence-corrected chi connectivity index (χ3v) is 5.26. The number of aryl methyl sites for hydroxylation is 1. The summed E-state index contributed by atoms with van der Waals surface area (Å²) in [6.07, 6.45) is 5.53. The number of terminal acetylenes is 1. The molecule has 11 heteroatoms. The Morgan fingerprint density at radius 1 is 1.17 bits per heavy atom. The van der Waals surface area contributed by atoms with Crippen molar-refractivity contribution in [3.05, 3.63) is 57.0 Å². The lowest BCUT2D eigenvalue weighted by Crippen LogP contribution is -2.40. The Morgan fingerprint density at radius 3 is 2.57 bits per heavy atom. The molecule has 2 heterocycles. The molecular weight excluding hydrogens is 411 g/mol. The minimum absolute atomic E-state index is 0.0552. The fourth-order valence-electron chi connectivity index (χ4n) is 2.97. The maximum Gasteiger partial charge on any atom is 0.333 e. The smallest absolute Gasteiger partial charge is 0.333 e. The van der Waals surface area contributed by atoms with Crippen molar-refractivity contribution in [3.63, 3.8) is 0 Å². The standard InChI is InChI=1S/C19H21N4O6P/c1-2-10-23-18(24)16-17(22(19(23)25)11-6-7-12-30(26,27)28)21-15(20-16)13-29-14-8-4-3-5-9-14/h1,3-5,8-9H,6-7,10-13H2,(H,20,21)(H2,26,27,28). The van der Waals surface area contributed by atoms with E-state index in [1.165, 1.54) is 4.57 Å². The molecule has 0 aliphatic rings. The highest BCUT2D eigenvalue weighted by Gasteiger charge is 2.18. The summed E-state index contributed by atoms with van der Waals surface area (Å²) in [7, 11) is -4.12. The van der Waals surface area contributed by atoms with E-state index in [4.69, 9.17) is 20.9 Å². The predicted molar refractivity (Wildman–Crippen MR) is 110 cm³/mol. The van der Waals surface area contributed by atoms with Gasteiger partial charge in [0.2, 0.25) is 0 Å². The van der Waals surface area contributed by atoms with Crippen LogP contribution >= 0.6 is 7.60 Å². The van der Waals surface area contributed by atoms with Crippen LogP contribution in [0.4, 0.5) is 0 Å². The maximum absolute atomic E-state index is 12.8. The zero-order chi connectivity index (χ0) is 21.7. The number of fused-ring (bicyclic) bond motifs is 1. The summed E-state index contributed by atoms with van der Waals surface area (Å²) in [4.78, 5) is 50.7. The Balaban J connectivity index is 1.93.